The normalized spacial score (nSPS) is 22.0. The van der Waals surface area contributed by atoms with Crippen LogP contribution in [0.5, 0.6) is 0 Å². The van der Waals surface area contributed by atoms with Gasteiger partial charge in [0.2, 0.25) is 0 Å². The number of terminal acetylenes is 1. The van der Waals surface area contributed by atoms with Crippen LogP contribution in [0.25, 0.3) is 0 Å². The van der Waals surface area contributed by atoms with Crippen molar-refractivity contribution in [1.82, 2.24) is 4.98 Å². The Morgan fingerprint density at radius 3 is 2.89 bits per heavy atom. The van der Waals surface area contributed by atoms with E-state index in [4.69, 9.17) is 11.2 Å². The molecular formula is C14H16N2O2. The molecule has 4 nitrogen and oxygen atoms in total. The van der Waals surface area contributed by atoms with Crippen LogP contribution in [-0.4, -0.2) is 30.6 Å². The van der Waals surface area contributed by atoms with Gasteiger partial charge in [-0.25, -0.2) is 4.98 Å². The smallest absolute Gasteiger partial charge is 0.257 e. The summed E-state index contributed by atoms with van der Waals surface area (Å²) in [4.78, 5) is 18.2. The fourth-order valence-electron chi connectivity index (χ4n) is 2.37. The van der Waals surface area contributed by atoms with Gasteiger partial charge in [0, 0.05) is 25.3 Å². The van der Waals surface area contributed by atoms with E-state index in [0.29, 0.717) is 17.9 Å². The van der Waals surface area contributed by atoms with E-state index in [-0.39, 0.29) is 11.3 Å². The van der Waals surface area contributed by atoms with Gasteiger partial charge in [-0.2, -0.15) is 0 Å². The molecule has 1 saturated heterocycles. The highest BCUT2D eigenvalue weighted by atomic mass is 16.5. The largest absolute Gasteiger partial charge is 0.371 e. The van der Waals surface area contributed by atoms with Crippen LogP contribution in [-0.2, 0) is 9.53 Å². The van der Waals surface area contributed by atoms with E-state index in [1.807, 2.05) is 13.8 Å². The monoisotopic (exact) mass is 244 g/mol. The Bertz CT molecular complexity index is 517. The molecule has 0 aliphatic carbocycles. The molecule has 0 N–H and O–H groups in total. The maximum atomic E-state index is 12.3. The van der Waals surface area contributed by atoms with Crippen molar-refractivity contribution < 1.29 is 9.53 Å². The quantitative estimate of drug-likeness (QED) is 0.739. The van der Waals surface area contributed by atoms with Gasteiger partial charge in [-0.1, -0.05) is 19.8 Å². The van der Waals surface area contributed by atoms with Crippen molar-refractivity contribution in [3.05, 3.63) is 23.9 Å². The Labute approximate surface area is 107 Å². The molecule has 0 spiro atoms. The number of hydrogen-bond acceptors (Lipinski definition) is 3. The summed E-state index contributed by atoms with van der Waals surface area (Å²) in [5, 5.41) is 0. The molecule has 1 aromatic heterocycles. The van der Waals surface area contributed by atoms with Crippen LogP contribution >= 0.6 is 0 Å². The predicted molar refractivity (Wildman–Crippen MR) is 69.1 cm³/mol. The predicted octanol–water partition coefficient (Wildman–Crippen LogP) is 1.45. The fourth-order valence-corrected chi connectivity index (χ4v) is 2.37. The van der Waals surface area contributed by atoms with Gasteiger partial charge in [-0.3, -0.25) is 9.69 Å². The summed E-state index contributed by atoms with van der Waals surface area (Å²) in [7, 11) is 1.55. The molecule has 1 atom stereocenters. The highest BCUT2D eigenvalue weighted by Crippen LogP contribution is 2.35. The van der Waals surface area contributed by atoms with Crippen molar-refractivity contribution in [2.24, 2.45) is 5.41 Å². The van der Waals surface area contributed by atoms with Crippen molar-refractivity contribution in [2.75, 3.05) is 18.6 Å². The van der Waals surface area contributed by atoms with Gasteiger partial charge in [0.25, 0.3) is 5.91 Å². The number of ether oxygens (including phenoxy) is 1. The maximum Gasteiger partial charge on any atom is 0.257 e. The molecule has 1 fully saturated rings. The standard InChI is InChI=1S/C14H16N2O2/c1-5-10-7-6-8-15-12(10)16-9-14(2,3)11(18-4)13(16)17/h1,6-8,11H,9H2,2-4H3. The van der Waals surface area contributed by atoms with Crippen LogP contribution in [0.2, 0.25) is 0 Å². The summed E-state index contributed by atoms with van der Waals surface area (Å²) in [5.74, 6) is 3.01. The van der Waals surface area contributed by atoms with Crippen LogP contribution in [0.15, 0.2) is 18.3 Å². The summed E-state index contributed by atoms with van der Waals surface area (Å²) in [6, 6.07) is 3.54. The van der Waals surface area contributed by atoms with E-state index in [0.717, 1.165) is 0 Å². The lowest BCUT2D eigenvalue weighted by Crippen LogP contribution is -2.33. The summed E-state index contributed by atoms with van der Waals surface area (Å²) < 4.78 is 5.29. The molecule has 0 radical (unpaired) electrons. The average molecular weight is 244 g/mol. The molecule has 0 aromatic carbocycles. The first-order chi connectivity index (χ1) is 8.51. The molecule has 4 heteroatoms. The fraction of sp³-hybridized carbons (Fsp3) is 0.429. The summed E-state index contributed by atoms with van der Waals surface area (Å²) >= 11 is 0. The second-order valence-electron chi connectivity index (χ2n) is 5.05. The first-order valence-corrected chi connectivity index (χ1v) is 5.77. The summed E-state index contributed by atoms with van der Waals surface area (Å²) in [6.07, 6.45) is 6.62. The lowest BCUT2D eigenvalue weighted by atomic mass is 9.90. The molecular weight excluding hydrogens is 228 g/mol. The van der Waals surface area contributed by atoms with Gasteiger partial charge >= 0.3 is 0 Å². The molecule has 2 rings (SSSR count). The highest BCUT2D eigenvalue weighted by molar-refractivity contribution is 6.00. The highest BCUT2D eigenvalue weighted by Gasteiger charge is 2.47. The number of anilines is 1. The van der Waals surface area contributed by atoms with Gasteiger partial charge < -0.3 is 4.74 Å². The average Bonchev–Trinajstić information content (AvgIpc) is 2.59. The van der Waals surface area contributed by atoms with Crippen molar-refractivity contribution >= 4 is 11.7 Å². The molecule has 1 aliphatic rings. The lowest BCUT2D eigenvalue weighted by Gasteiger charge is -2.21. The number of nitrogens with zero attached hydrogens (tertiary/aromatic N) is 2. The van der Waals surface area contributed by atoms with Gasteiger partial charge in [-0.05, 0) is 12.1 Å². The second kappa shape index (κ2) is 4.43. The Morgan fingerprint density at radius 2 is 2.33 bits per heavy atom. The minimum atomic E-state index is -0.454. The molecule has 18 heavy (non-hydrogen) atoms. The second-order valence-corrected chi connectivity index (χ2v) is 5.05. The third-order valence-electron chi connectivity index (χ3n) is 3.20. The van der Waals surface area contributed by atoms with Crippen molar-refractivity contribution in [3.8, 4) is 12.3 Å². The molecule has 1 amide bonds. The number of carbonyl (C=O) groups is 1. The first kappa shape index (κ1) is 12.6. The number of rotatable bonds is 2. The topological polar surface area (TPSA) is 42.4 Å². The van der Waals surface area contributed by atoms with Crippen molar-refractivity contribution in [1.29, 1.82) is 0 Å². The molecule has 94 valence electrons. The van der Waals surface area contributed by atoms with Crippen LogP contribution in [0, 0.1) is 17.8 Å². The van der Waals surface area contributed by atoms with Gasteiger partial charge in [0.05, 0.1) is 5.56 Å². The number of pyridine rings is 1. The Hall–Kier alpha value is -1.86. The van der Waals surface area contributed by atoms with Crippen molar-refractivity contribution in [2.45, 2.75) is 20.0 Å². The minimum absolute atomic E-state index is 0.0855. The number of amides is 1. The van der Waals surface area contributed by atoms with Crippen LogP contribution in [0.3, 0.4) is 0 Å². The Morgan fingerprint density at radius 1 is 1.61 bits per heavy atom. The minimum Gasteiger partial charge on any atom is -0.371 e. The number of methoxy groups -OCH3 is 1. The molecule has 2 heterocycles. The van der Waals surface area contributed by atoms with E-state index >= 15 is 0 Å². The lowest BCUT2D eigenvalue weighted by molar-refractivity contribution is -0.128. The zero-order valence-corrected chi connectivity index (χ0v) is 10.8. The molecule has 1 aromatic rings. The molecule has 1 aliphatic heterocycles. The van der Waals surface area contributed by atoms with Crippen molar-refractivity contribution in [3.63, 3.8) is 0 Å². The van der Waals surface area contributed by atoms with Crippen LogP contribution in [0.1, 0.15) is 19.4 Å². The molecule has 0 bridgehead atoms. The third kappa shape index (κ3) is 1.87. The van der Waals surface area contributed by atoms with E-state index in [2.05, 4.69) is 10.9 Å². The van der Waals surface area contributed by atoms with Gasteiger partial charge in [-0.15, -0.1) is 6.42 Å². The van der Waals surface area contributed by atoms with Crippen LogP contribution < -0.4 is 4.90 Å². The van der Waals surface area contributed by atoms with Gasteiger partial charge in [0.1, 0.15) is 6.10 Å². The van der Waals surface area contributed by atoms with E-state index in [1.165, 1.54) is 0 Å². The molecule has 0 saturated carbocycles. The Kier molecular flexibility index (Phi) is 3.10. The molecule has 1 unspecified atom stereocenters. The maximum absolute atomic E-state index is 12.3. The van der Waals surface area contributed by atoms with E-state index < -0.39 is 6.10 Å². The Balaban J connectivity index is 2.42. The zero-order chi connectivity index (χ0) is 13.3. The first-order valence-electron chi connectivity index (χ1n) is 5.77. The third-order valence-corrected chi connectivity index (χ3v) is 3.20. The van der Waals surface area contributed by atoms with E-state index in [9.17, 15) is 4.79 Å². The van der Waals surface area contributed by atoms with E-state index in [1.54, 1.807) is 30.3 Å². The SMILES string of the molecule is C#Cc1cccnc1N1CC(C)(C)C(OC)C1=O. The number of hydrogen-bond donors (Lipinski definition) is 0. The summed E-state index contributed by atoms with van der Waals surface area (Å²) in [5.41, 5.74) is 0.369. The number of carbonyl (C=O) groups excluding carboxylic acids is 1. The van der Waals surface area contributed by atoms with Gasteiger partial charge in [0.15, 0.2) is 5.82 Å². The summed E-state index contributed by atoms with van der Waals surface area (Å²) in [6.45, 7) is 4.55. The van der Waals surface area contributed by atoms with Crippen LogP contribution in [0.4, 0.5) is 5.82 Å². The zero-order valence-electron chi connectivity index (χ0n) is 10.8. The number of aromatic nitrogens is 1.